The van der Waals surface area contributed by atoms with Crippen molar-refractivity contribution in [1.29, 1.82) is 0 Å². The molecule has 1 aromatic rings. The van der Waals surface area contributed by atoms with Gasteiger partial charge in [0.05, 0.1) is 6.61 Å². The first kappa shape index (κ1) is 13.1. The molecular formula is C9H13N3O5. The number of carbonyl (C=O) groups is 1. The quantitative estimate of drug-likeness (QED) is 0.578. The number of rotatable bonds is 6. The maximum Gasteiger partial charge on any atom is 0.342 e. The fourth-order valence-electron chi connectivity index (χ4n) is 1.27. The van der Waals surface area contributed by atoms with Gasteiger partial charge in [0.25, 0.3) is 0 Å². The predicted octanol–water partition coefficient (Wildman–Crippen LogP) is 0.589. The fourth-order valence-corrected chi connectivity index (χ4v) is 1.27. The van der Waals surface area contributed by atoms with Gasteiger partial charge in [-0.2, -0.15) is 0 Å². The zero-order chi connectivity index (χ0) is 13.0. The third-order valence-corrected chi connectivity index (χ3v) is 2.25. The Hall–Kier alpha value is -1.96. The number of aromatic nitrogens is 2. The summed E-state index contributed by atoms with van der Waals surface area (Å²) >= 11 is 0. The van der Waals surface area contributed by atoms with Crippen LogP contribution in [-0.2, 0) is 16.1 Å². The normalized spacial score (nSPS) is 12.4. The van der Waals surface area contributed by atoms with E-state index in [2.05, 4.69) is 4.98 Å². The predicted molar refractivity (Wildman–Crippen MR) is 56.7 cm³/mol. The van der Waals surface area contributed by atoms with Gasteiger partial charge in [-0.05, 0) is 11.8 Å². The number of nitrogens with zero attached hydrogens (tertiary/aromatic N) is 3. The zero-order valence-electron chi connectivity index (χ0n) is 9.49. The van der Waals surface area contributed by atoms with Crippen LogP contribution in [0.15, 0.2) is 6.20 Å². The topological polar surface area (TPSA) is 107 Å². The van der Waals surface area contributed by atoms with Gasteiger partial charge in [-0.15, -0.1) is 0 Å². The van der Waals surface area contributed by atoms with E-state index < -0.39 is 17.0 Å². The lowest BCUT2D eigenvalue weighted by Gasteiger charge is -2.07. The lowest BCUT2D eigenvalue weighted by atomic mass is 10.4. The zero-order valence-corrected chi connectivity index (χ0v) is 9.49. The van der Waals surface area contributed by atoms with Gasteiger partial charge in [0.15, 0.2) is 11.9 Å². The number of nitro groups is 1. The van der Waals surface area contributed by atoms with Crippen molar-refractivity contribution in [1.82, 2.24) is 9.55 Å². The number of carboxylic acid groups (broad SMARTS) is 1. The highest BCUT2D eigenvalue weighted by atomic mass is 16.6. The molecule has 1 unspecified atom stereocenters. The fraction of sp³-hybridized carbons (Fsp3) is 0.556. The van der Waals surface area contributed by atoms with Gasteiger partial charge in [-0.1, -0.05) is 0 Å². The van der Waals surface area contributed by atoms with Crippen LogP contribution in [0, 0.1) is 17.0 Å². The summed E-state index contributed by atoms with van der Waals surface area (Å²) in [6.07, 6.45) is 0.230. The average molecular weight is 243 g/mol. The van der Waals surface area contributed by atoms with E-state index in [-0.39, 0.29) is 19.0 Å². The Balaban J connectivity index is 2.60. The second-order valence-corrected chi connectivity index (χ2v) is 3.42. The molecule has 1 aromatic heterocycles. The smallest absolute Gasteiger partial charge is 0.342 e. The van der Waals surface area contributed by atoms with E-state index >= 15 is 0 Å². The molecule has 1 atom stereocenters. The number of aryl methyl sites for hydroxylation is 1. The molecule has 0 saturated carbocycles. The molecule has 1 rings (SSSR count). The summed E-state index contributed by atoms with van der Waals surface area (Å²) in [5.74, 6) is -0.709. The summed E-state index contributed by atoms with van der Waals surface area (Å²) in [4.78, 5) is 24.4. The maximum atomic E-state index is 10.7. The van der Waals surface area contributed by atoms with Crippen LogP contribution in [0.1, 0.15) is 12.7 Å². The first-order chi connectivity index (χ1) is 7.93. The highest BCUT2D eigenvalue weighted by Crippen LogP contribution is 2.13. The van der Waals surface area contributed by atoms with Crippen LogP contribution >= 0.6 is 0 Å². The SMILES string of the molecule is Cc1ncc([N+](=O)[O-])n1CCOC(C)C(=O)O. The van der Waals surface area contributed by atoms with Crippen molar-refractivity contribution >= 4 is 11.8 Å². The molecular weight excluding hydrogens is 230 g/mol. The molecule has 1 N–H and O–H groups in total. The van der Waals surface area contributed by atoms with Crippen LogP contribution in [0.25, 0.3) is 0 Å². The number of aliphatic carboxylic acids is 1. The van der Waals surface area contributed by atoms with Crippen molar-refractivity contribution in [3.63, 3.8) is 0 Å². The van der Waals surface area contributed by atoms with E-state index in [9.17, 15) is 14.9 Å². The Morgan fingerprint density at radius 1 is 1.76 bits per heavy atom. The van der Waals surface area contributed by atoms with Crippen molar-refractivity contribution in [3.8, 4) is 0 Å². The van der Waals surface area contributed by atoms with Crippen molar-refractivity contribution in [2.45, 2.75) is 26.5 Å². The minimum Gasteiger partial charge on any atom is -0.479 e. The summed E-state index contributed by atoms with van der Waals surface area (Å²) in [7, 11) is 0. The Morgan fingerprint density at radius 2 is 2.41 bits per heavy atom. The maximum absolute atomic E-state index is 10.7. The van der Waals surface area contributed by atoms with Crippen molar-refractivity contribution in [2.24, 2.45) is 0 Å². The van der Waals surface area contributed by atoms with E-state index in [1.807, 2.05) is 0 Å². The largest absolute Gasteiger partial charge is 0.479 e. The molecule has 0 bridgehead atoms. The molecule has 0 fully saturated rings. The highest BCUT2D eigenvalue weighted by molar-refractivity contribution is 5.71. The van der Waals surface area contributed by atoms with Crippen molar-refractivity contribution < 1.29 is 19.6 Å². The van der Waals surface area contributed by atoms with Crippen LogP contribution in [0.2, 0.25) is 0 Å². The highest BCUT2D eigenvalue weighted by Gasteiger charge is 2.18. The monoisotopic (exact) mass is 243 g/mol. The molecule has 8 nitrogen and oxygen atoms in total. The summed E-state index contributed by atoms with van der Waals surface area (Å²) in [6, 6.07) is 0. The molecule has 17 heavy (non-hydrogen) atoms. The van der Waals surface area contributed by atoms with Gasteiger partial charge in [-0.25, -0.2) is 14.3 Å². The van der Waals surface area contributed by atoms with Gasteiger partial charge in [-0.3, -0.25) is 0 Å². The molecule has 0 radical (unpaired) electrons. The van der Waals surface area contributed by atoms with Crippen LogP contribution in [0.3, 0.4) is 0 Å². The molecule has 0 spiro atoms. The number of ether oxygens (including phenoxy) is 1. The first-order valence-corrected chi connectivity index (χ1v) is 4.94. The van der Waals surface area contributed by atoms with Crippen LogP contribution in [-0.4, -0.2) is 38.3 Å². The van der Waals surface area contributed by atoms with Crippen LogP contribution in [0.4, 0.5) is 5.82 Å². The standard InChI is InChI=1S/C9H13N3O5/c1-6(9(13)14)17-4-3-11-7(2)10-5-8(11)12(15)16/h5-6H,3-4H2,1-2H3,(H,13,14). The van der Waals surface area contributed by atoms with Gasteiger partial charge < -0.3 is 20.0 Å². The van der Waals surface area contributed by atoms with Crippen LogP contribution in [0.5, 0.6) is 0 Å². The van der Waals surface area contributed by atoms with Crippen molar-refractivity contribution in [2.75, 3.05) is 6.61 Å². The first-order valence-electron chi connectivity index (χ1n) is 4.94. The molecule has 94 valence electrons. The summed E-state index contributed by atoms with van der Waals surface area (Å²) in [5, 5.41) is 19.2. The van der Waals surface area contributed by atoms with Crippen LogP contribution < -0.4 is 0 Å². The molecule has 0 amide bonds. The number of imidazole rings is 1. The molecule has 0 saturated heterocycles. The van der Waals surface area contributed by atoms with Gasteiger partial charge >= 0.3 is 11.8 Å². The van der Waals surface area contributed by atoms with Crippen molar-refractivity contribution in [3.05, 3.63) is 22.1 Å². The molecule has 0 aliphatic heterocycles. The third-order valence-electron chi connectivity index (χ3n) is 2.25. The Kier molecular flexibility index (Phi) is 4.16. The molecule has 1 heterocycles. The Bertz CT molecular complexity index is 428. The lowest BCUT2D eigenvalue weighted by molar-refractivity contribution is -0.392. The minimum absolute atomic E-state index is 0.0749. The Morgan fingerprint density at radius 3 is 2.94 bits per heavy atom. The van der Waals surface area contributed by atoms with E-state index in [0.29, 0.717) is 5.82 Å². The summed E-state index contributed by atoms with van der Waals surface area (Å²) in [5.41, 5.74) is 0. The number of hydrogen-bond acceptors (Lipinski definition) is 5. The minimum atomic E-state index is -1.07. The van der Waals surface area contributed by atoms with Gasteiger partial charge in [0.2, 0.25) is 0 Å². The lowest BCUT2D eigenvalue weighted by Crippen LogP contribution is -2.22. The van der Waals surface area contributed by atoms with Gasteiger partial charge in [0.1, 0.15) is 12.7 Å². The summed E-state index contributed by atoms with van der Waals surface area (Å²) in [6.45, 7) is 3.30. The second-order valence-electron chi connectivity index (χ2n) is 3.42. The van der Waals surface area contributed by atoms with E-state index in [1.54, 1.807) is 6.92 Å². The average Bonchev–Trinajstić information content (AvgIpc) is 2.60. The van der Waals surface area contributed by atoms with E-state index in [0.717, 1.165) is 6.20 Å². The number of hydrogen-bond donors (Lipinski definition) is 1. The number of carboxylic acids is 1. The van der Waals surface area contributed by atoms with E-state index in [1.165, 1.54) is 11.5 Å². The summed E-state index contributed by atoms with van der Waals surface area (Å²) < 4.78 is 6.37. The Labute approximate surface area is 97.0 Å². The second kappa shape index (κ2) is 5.39. The third kappa shape index (κ3) is 3.25. The van der Waals surface area contributed by atoms with E-state index in [4.69, 9.17) is 9.84 Å². The molecule has 0 aromatic carbocycles. The molecule has 8 heteroatoms. The molecule has 0 aliphatic rings. The molecule has 0 aliphatic carbocycles. The van der Waals surface area contributed by atoms with Gasteiger partial charge in [0, 0.05) is 6.92 Å².